The molecule has 0 radical (unpaired) electrons. The van der Waals surface area contributed by atoms with Gasteiger partial charge >= 0.3 is 0 Å². The van der Waals surface area contributed by atoms with Crippen LogP contribution in [0, 0.1) is 0 Å². The zero-order valence-electron chi connectivity index (χ0n) is 11.4. The molecule has 0 spiro atoms. The summed E-state index contributed by atoms with van der Waals surface area (Å²) >= 11 is 5.81. The third-order valence-corrected chi connectivity index (χ3v) is 5.61. The van der Waals surface area contributed by atoms with Crippen LogP contribution in [0.5, 0.6) is 0 Å². The molecule has 0 bridgehead atoms. The quantitative estimate of drug-likeness (QED) is 0.801. The lowest BCUT2D eigenvalue weighted by Gasteiger charge is -2.26. The van der Waals surface area contributed by atoms with Crippen LogP contribution < -0.4 is 0 Å². The van der Waals surface area contributed by atoms with Gasteiger partial charge in [-0.15, -0.1) is 0 Å². The van der Waals surface area contributed by atoms with Crippen molar-refractivity contribution in [3.05, 3.63) is 34.9 Å². The molecule has 0 aromatic heterocycles. The Balaban J connectivity index is 2.08. The maximum absolute atomic E-state index is 12.4. The van der Waals surface area contributed by atoms with E-state index in [0.717, 1.165) is 0 Å². The molecule has 1 aliphatic heterocycles. The van der Waals surface area contributed by atoms with E-state index in [1.165, 1.54) is 0 Å². The maximum atomic E-state index is 12.4. The van der Waals surface area contributed by atoms with Gasteiger partial charge in [-0.3, -0.25) is 9.69 Å². The number of ketones is 1. The van der Waals surface area contributed by atoms with Crippen LogP contribution in [0.25, 0.3) is 0 Å². The molecule has 2 rings (SSSR count). The van der Waals surface area contributed by atoms with Gasteiger partial charge < -0.3 is 0 Å². The Bertz CT molecular complexity index is 583. The lowest BCUT2D eigenvalue weighted by molar-refractivity contribution is 0.0848. The van der Waals surface area contributed by atoms with Crippen LogP contribution >= 0.6 is 11.6 Å². The summed E-state index contributed by atoms with van der Waals surface area (Å²) in [6, 6.07) is 6.47. The summed E-state index contributed by atoms with van der Waals surface area (Å²) in [5.74, 6) is 0.345. The van der Waals surface area contributed by atoms with Crippen LogP contribution in [-0.2, 0) is 9.84 Å². The molecule has 1 fully saturated rings. The van der Waals surface area contributed by atoms with Crippen molar-refractivity contribution in [1.82, 2.24) is 4.90 Å². The average molecular weight is 316 g/mol. The Morgan fingerprint density at radius 2 is 1.85 bits per heavy atom. The molecule has 1 aliphatic rings. The van der Waals surface area contributed by atoms with E-state index in [4.69, 9.17) is 11.6 Å². The molecule has 20 heavy (non-hydrogen) atoms. The second-order valence-electron chi connectivity index (χ2n) is 5.09. The predicted octanol–water partition coefficient (Wildman–Crippen LogP) is 2.03. The Morgan fingerprint density at radius 3 is 2.50 bits per heavy atom. The number of hydrogen-bond acceptors (Lipinski definition) is 4. The first-order valence-corrected chi connectivity index (χ1v) is 8.83. The molecule has 1 aromatic carbocycles. The number of rotatable bonds is 3. The van der Waals surface area contributed by atoms with E-state index in [1.807, 2.05) is 11.8 Å². The first-order valence-electron chi connectivity index (χ1n) is 6.63. The Hall–Kier alpha value is -0.910. The summed E-state index contributed by atoms with van der Waals surface area (Å²) in [7, 11) is -2.95. The van der Waals surface area contributed by atoms with Crippen LogP contribution in [0.3, 0.4) is 0 Å². The molecule has 0 amide bonds. The number of nitrogens with zero attached hydrogens (tertiary/aromatic N) is 1. The van der Waals surface area contributed by atoms with Gasteiger partial charge in [0.15, 0.2) is 15.6 Å². The standard InChI is InChI=1S/C14H18ClNO3S/c1-11(14(17)12-3-5-13(15)6-4-12)16-7-2-9-20(18,19)10-8-16/h3-6,11H,2,7-10H2,1H3. The van der Waals surface area contributed by atoms with E-state index < -0.39 is 9.84 Å². The molecule has 4 nitrogen and oxygen atoms in total. The molecular formula is C14H18ClNO3S. The van der Waals surface area contributed by atoms with Gasteiger partial charge in [-0.2, -0.15) is 0 Å². The van der Waals surface area contributed by atoms with Gasteiger partial charge in [0, 0.05) is 17.1 Å². The molecule has 1 atom stereocenters. The van der Waals surface area contributed by atoms with Crippen LogP contribution in [-0.4, -0.2) is 49.7 Å². The molecule has 1 heterocycles. The summed E-state index contributed by atoms with van der Waals surface area (Å²) in [6.45, 7) is 2.89. The van der Waals surface area contributed by atoms with Gasteiger partial charge in [-0.1, -0.05) is 11.6 Å². The zero-order valence-corrected chi connectivity index (χ0v) is 13.0. The fourth-order valence-corrected chi connectivity index (χ4v) is 3.78. The highest BCUT2D eigenvalue weighted by Crippen LogP contribution is 2.15. The number of halogens is 1. The van der Waals surface area contributed by atoms with E-state index in [9.17, 15) is 13.2 Å². The van der Waals surface area contributed by atoms with Crippen molar-refractivity contribution in [1.29, 1.82) is 0 Å². The van der Waals surface area contributed by atoms with Gasteiger partial charge in [0.1, 0.15) is 0 Å². The molecule has 0 N–H and O–H groups in total. The van der Waals surface area contributed by atoms with Gasteiger partial charge in [0.25, 0.3) is 0 Å². The maximum Gasteiger partial charge on any atom is 0.179 e. The minimum atomic E-state index is -2.95. The van der Waals surface area contributed by atoms with Gasteiger partial charge in [-0.05, 0) is 44.2 Å². The van der Waals surface area contributed by atoms with E-state index >= 15 is 0 Å². The Kier molecular flexibility index (Phi) is 4.83. The summed E-state index contributed by atoms with van der Waals surface area (Å²) in [5.41, 5.74) is 0.606. The molecule has 0 saturated carbocycles. The molecule has 1 aromatic rings. The highest BCUT2D eigenvalue weighted by Gasteiger charge is 2.26. The lowest BCUT2D eigenvalue weighted by atomic mass is 10.0. The largest absolute Gasteiger partial charge is 0.292 e. The van der Waals surface area contributed by atoms with Crippen molar-refractivity contribution < 1.29 is 13.2 Å². The minimum Gasteiger partial charge on any atom is -0.292 e. The fraction of sp³-hybridized carbons (Fsp3) is 0.500. The number of sulfone groups is 1. The van der Waals surface area contributed by atoms with E-state index in [-0.39, 0.29) is 23.3 Å². The fourth-order valence-electron chi connectivity index (χ4n) is 2.37. The monoisotopic (exact) mass is 315 g/mol. The number of Topliss-reactive ketones (excluding diaryl/α,β-unsaturated/α-hetero) is 1. The number of carbonyl (C=O) groups is 1. The number of hydrogen-bond donors (Lipinski definition) is 0. The van der Waals surface area contributed by atoms with Crippen LogP contribution in [0.1, 0.15) is 23.7 Å². The second kappa shape index (κ2) is 6.24. The normalized spacial score (nSPS) is 21.1. The summed E-state index contributed by atoms with van der Waals surface area (Å²) < 4.78 is 23.2. The highest BCUT2D eigenvalue weighted by molar-refractivity contribution is 7.91. The molecular weight excluding hydrogens is 298 g/mol. The van der Waals surface area contributed by atoms with Gasteiger partial charge in [0.05, 0.1) is 17.5 Å². The summed E-state index contributed by atoms with van der Waals surface area (Å²) in [5, 5.41) is 0.593. The summed E-state index contributed by atoms with van der Waals surface area (Å²) in [4.78, 5) is 14.3. The average Bonchev–Trinajstić information content (AvgIpc) is 2.59. The van der Waals surface area contributed by atoms with Crippen molar-refractivity contribution in [3.8, 4) is 0 Å². The van der Waals surface area contributed by atoms with Crippen molar-refractivity contribution in [2.75, 3.05) is 24.6 Å². The van der Waals surface area contributed by atoms with Gasteiger partial charge in [-0.25, -0.2) is 8.42 Å². The molecule has 1 unspecified atom stereocenters. The third kappa shape index (κ3) is 3.81. The van der Waals surface area contributed by atoms with Crippen LogP contribution in [0.4, 0.5) is 0 Å². The first kappa shape index (κ1) is 15.5. The Morgan fingerprint density at radius 1 is 1.20 bits per heavy atom. The van der Waals surface area contributed by atoms with Crippen LogP contribution in [0.2, 0.25) is 5.02 Å². The lowest BCUT2D eigenvalue weighted by Crippen LogP contribution is -2.40. The molecule has 6 heteroatoms. The Labute approximate surface area is 124 Å². The SMILES string of the molecule is CC(C(=O)c1ccc(Cl)cc1)N1CCCS(=O)(=O)CC1. The topological polar surface area (TPSA) is 54.5 Å². The molecule has 1 saturated heterocycles. The zero-order chi connectivity index (χ0) is 14.8. The van der Waals surface area contributed by atoms with Gasteiger partial charge in [0.2, 0.25) is 0 Å². The predicted molar refractivity (Wildman–Crippen MR) is 80.1 cm³/mol. The van der Waals surface area contributed by atoms with E-state index in [2.05, 4.69) is 0 Å². The second-order valence-corrected chi connectivity index (χ2v) is 7.83. The summed E-state index contributed by atoms with van der Waals surface area (Å²) in [6.07, 6.45) is 0.584. The molecule has 0 aliphatic carbocycles. The molecule has 110 valence electrons. The number of carbonyl (C=O) groups excluding carboxylic acids is 1. The van der Waals surface area contributed by atoms with Crippen molar-refractivity contribution in [2.24, 2.45) is 0 Å². The number of benzene rings is 1. The highest BCUT2D eigenvalue weighted by atomic mass is 35.5. The van der Waals surface area contributed by atoms with Crippen molar-refractivity contribution >= 4 is 27.2 Å². The van der Waals surface area contributed by atoms with Crippen molar-refractivity contribution in [3.63, 3.8) is 0 Å². The smallest absolute Gasteiger partial charge is 0.179 e. The van der Waals surface area contributed by atoms with Crippen LogP contribution in [0.15, 0.2) is 24.3 Å². The van der Waals surface area contributed by atoms with E-state index in [1.54, 1.807) is 24.3 Å². The van der Waals surface area contributed by atoms with E-state index in [0.29, 0.717) is 30.1 Å². The minimum absolute atomic E-state index is 0.000893. The first-order chi connectivity index (χ1) is 9.39. The van der Waals surface area contributed by atoms with Crippen molar-refractivity contribution in [2.45, 2.75) is 19.4 Å². The third-order valence-electron chi connectivity index (χ3n) is 3.65.